The molecule has 0 bridgehead atoms. The Kier molecular flexibility index (Phi) is 17.2. The normalized spacial score (nSPS) is 22.0. The Balaban J connectivity index is 1.49. The number of methoxy groups -OCH3 is 2. The molecule has 17 heteroatoms. The summed E-state index contributed by atoms with van der Waals surface area (Å²) in [6.45, 7) is 7.90. The first-order chi connectivity index (χ1) is 32.0. The number of fused-ring (bicyclic) bond motifs is 2. The maximum Gasteiger partial charge on any atom is 0.417 e. The zero-order chi connectivity index (χ0) is 47.2. The summed E-state index contributed by atoms with van der Waals surface area (Å²) in [7, 11) is 4.64. The number of unbranched alkanes of at least 4 members (excludes halogenated alkanes) is 2. The van der Waals surface area contributed by atoms with Crippen LogP contribution in [0.25, 0.3) is 0 Å². The number of nitrogens with zero attached hydrogens (tertiary/aromatic N) is 3. The van der Waals surface area contributed by atoms with Crippen LogP contribution in [0.4, 0.5) is 21.0 Å². The molecule has 2 aliphatic carbocycles. The minimum absolute atomic E-state index is 0.000707. The van der Waals surface area contributed by atoms with Crippen molar-refractivity contribution in [3.63, 3.8) is 0 Å². The second-order valence-corrected chi connectivity index (χ2v) is 16.4. The van der Waals surface area contributed by atoms with E-state index in [2.05, 4.69) is 24.6 Å². The molecule has 6 rings (SSSR count). The first kappa shape index (κ1) is 49.0. The highest BCUT2D eigenvalue weighted by Gasteiger charge is 2.65. The van der Waals surface area contributed by atoms with Gasteiger partial charge in [0.1, 0.15) is 35.6 Å². The lowest BCUT2D eigenvalue weighted by Gasteiger charge is -2.59. The molecule has 1 aliphatic heterocycles. The fourth-order valence-corrected chi connectivity index (χ4v) is 9.29. The second kappa shape index (κ2) is 23.2. The summed E-state index contributed by atoms with van der Waals surface area (Å²) in [6, 6.07) is 15.3. The van der Waals surface area contributed by atoms with Crippen LogP contribution >= 0.6 is 0 Å². The number of carbonyl (C=O) groups excluding carboxylic acids is 2. The number of likely N-dealkylation sites (N-methyl/N-ethyl adjacent to an activating group) is 1. The zero-order valence-corrected chi connectivity index (χ0v) is 37.7. The van der Waals surface area contributed by atoms with Crippen LogP contribution in [0.1, 0.15) is 68.4 Å². The van der Waals surface area contributed by atoms with Crippen molar-refractivity contribution in [2.45, 2.75) is 75.7 Å². The van der Waals surface area contributed by atoms with E-state index in [0.29, 0.717) is 72.7 Å². The predicted octanol–water partition coefficient (Wildman–Crippen LogP) is 8.70. The van der Waals surface area contributed by atoms with Crippen LogP contribution in [0.2, 0.25) is 0 Å². The molecule has 0 unspecified atom stereocenters. The minimum Gasteiger partial charge on any atom is -0.497 e. The number of non-ortho nitro benzene ring substituents is 1. The van der Waals surface area contributed by atoms with Gasteiger partial charge in [-0.3, -0.25) is 15.4 Å². The van der Waals surface area contributed by atoms with E-state index >= 15 is 0 Å². The molecule has 1 fully saturated rings. The lowest BCUT2D eigenvalue weighted by molar-refractivity contribution is -0.384. The third-order valence-electron chi connectivity index (χ3n) is 12.4. The Morgan fingerprint density at radius 1 is 0.985 bits per heavy atom. The maximum atomic E-state index is 14.0. The largest absolute Gasteiger partial charge is 0.497 e. The van der Waals surface area contributed by atoms with Gasteiger partial charge >= 0.3 is 12.2 Å². The summed E-state index contributed by atoms with van der Waals surface area (Å²) in [5.41, 5.74) is 3.03. The van der Waals surface area contributed by atoms with Gasteiger partial charge in [0.2, 0.25) is 5.79 Å². The van der Waals surface area contributed by atoms with Gasteiger partial charge in [0, 0.05) is 56.4 Å². The van der Waals surface area contributed by atoms with Crippen LogP contribution in [-0.2, 0) is 20.9 Å². The minimum atomic E-state index is -1.54. The molecule has 0 spiro atoms. The number of oxime groups is 1. The molecular formula is C49H60N4O13. The highest BCUT2D eigenvalue weighted by Crippen LogP contribution is 2.62. The number of anilines is 1. The van der Waals surface area contributed by atoms with Crippen molar-refractivity contribution in [2.24, 2.45) is 22.9 Å². The number of amides is 2. The van der Waals surface area contributed by atoms with Gasteiger partial charge in [0.05, 0.1) is 49.7 Å². The molecule has 3 N–H and O–H groups in total. The number of aliphatic hydroxyl groups excluding tert-OH is 2. The van der Waals surface area contributed by atoms with Crippen molar-refractivity contribution in [1.29, 1.82) is 0 Å². The SMILES string of the molecule is C=CCCOC(=O)N(C)[C@H]1CC(=NOCc2ccc([N+](=O)[O-])cc2)C2=C[C@H](CCCCO)[C@@H](CCCCO)[C@@H]3c4cc(OC(=O)Nc5ccc(OC)cc5OC)ccc4O[C@@]1(OCC=C)[C@H]23. The van der Waals surface area contributed by atoms with E-state index in [1.165, 1.54) is 31.3 Å². The van der Waals surface area contributed by atoms with Crippen LogP contribution in [0.15, 0.2) is 103 Å². The smallest absolute Gasteiger partial charge is 0.417 e. The number of nitro groups is 1. The molecule has 3 aromatic rings. The van der Waals surface area contributed by atoms with Crippen molar-refractivity contribution in [2.75, 3.05) is 53.0 Å². The van der Waals surface area contributed by atoms with E-state index in [1.54, 1.807) is 67.7 Å². The molecule has 1 saturated carbocycles. The maximum absolute atomic E-state index is 14.0. The number of hydrogen-bond acceptors (Lipinski definition) is 14. The summed E-state index contributed by atoms with van der Waals surface area (Å²) >= 11 is 0. The predicted molar refractivity (Wildman–Crippen MR) is 246 cm³/mol. The molecule has 6 atom stereocenters. The van der Waals surface area contributed by atoms with Gasteiger partial charge in [-0.05, 0) is 97.5 Å². The van der Waals surface area contributed by atoms with E-state index in [-0.39, 0.29) is 62.7 Å². The van der Waals surface area contributed by atoms with E-state index < -0.39 is 40.8 Å². The molecule has 3 aliphatic rings. The average Bonchev–Trinajstić information content (AvgIpc) is 3.32. The Labute approximate surface area is 384 Å². The number of nitro benzene ring substituents is 1. The van der Waals surface area contributed by atoms with Crippen molar-refractivity contribution in [3.05, 3.63) is 119 Å². The first-order valence-electron chi connectivity index (χ1n) is 22.2. The van der Waals surface area contributed by atoms with Gasteiger partial charge in [0.15, 0.2) is 0 Å². The first-order valence-corrected chi connectivity index (χ1v) is 22.2. The summed E-state index contributed by atoms with van der Waals surface area (Å²) in [6.07, 6.45) is 8.63. The number of allylic oxidation sites excluding steroid dienone is 1. The van der Waals surface area contributed by atoms with E-state index in [9.17, 15) is 29.9 Å². The Morgan fingerprint density at radius 2 is 1.73 bits per heavy atom. The number of ether oxygens (including phenoxy) is 6. The van der Waals surface area contributed by atoms with Crippen molar-refractivity contribution in [3.8, 4) is 23.0 Å². The van der Waals surface area contributed by atoms with Gasteiger partial charge in [-0.25, -0.2) is 9.59 Å². The number of rotatable bonds is 23. The average molecular weight is 913 g/mol. The number of hydrogen-bond donors (Lipinski definition) is 3. The number of nitrogens with one attached hydrogen (secondary N) is 1. The van der Waals surface area contributed by atoms with E-state index in [0.717, 1.165) is 17.6 Å². The Bertz CT molecular complexity index is 2250. The molecule has 17 nitrogen and oxygen atoms in total. The fourth-order valence-electron chi connectivity index (χ4n) is 9.29. The van der Waals surface area contributed by atoms with Crippen LogP contribution in [0.3, 0.4) is 0 Å². The van der Waals surface area contributed by atoms with Crippen LogP contribution in [-0.4, -0.2) is 97.5 Å². The Morgan fingerprint density at radius 3 is 2.41 bits per heavy atom. The highest BCUT2D eigenvalue weighted by molar-refractivity contribution is 6.03. The molecule has 354 valence electrons. The van der Waals surface area contributed by atoms with E-state index in [1.807, 2.05) is 0 Å². The second-order valence-electron chi connectivity index (χ2n) is 16.4. The van der Waals surface area contributed by atoms with Gasteiger partial charge in [-0.15, -0.1) is 13.2 Å². The van der Waals surface area contributed by atoms with Crippen LogP contribution in [0.5, 0.6) is 23.0 Å². The summed E-state index contributed by atoms with van der Waals surface area (Å²) < 4.78 is 36.5. The summed E-state index contributed by atoms with van der Waals surface area (Å²) in [5.74, 6) is -1.15. The molecule has 2 amide bonds. The standard InChI is InChI=1S/C49H60N4O13/c1-6-8-26-62-48(57)52(3)44-30-41(51-64-31-32-15-17-34(18-16-32)53(58)59)38-27-33(13-9-11-23-54)37(14-10-12-24-55)45-39-28-36(20-22-42(39)66-49(44,46(38)45)63-25-7-2)65-47(56)50-40-21-19-35(60-4)29-43(40)61-5/h6-7,15-22,27-29,33,37,44-46,54-55H,1-2,8-14,23-26,30-31H2,3-5H3,(H,50,56)/t33-,37+,44-,45+,46+,49+/m0/s1. The quantitative estimate of drug-likeness (QED) is 0.0352. The number of aliphatic hydroxyl groups is 2. The topological polar surface area (TPSA) is 210 Å². The third kappa shape index (κ3) is 11.1. The van der Waals surface area contributed by atoms with Gasteiger partial charge in [-0.2, -0.15) is 0 Å². The van der Waals surface area contributed by atoms with Crippen LogP contribution < -0.4 is 24.3 Å². The monoisotopic (exact) mass is 912 g/mol. The molecule has 1 heterocycles. The van der Waals surface area contributed by atoms with Crippen LogP contribution in [0, 0.1) is 27.9 Å². The lowest BCUT2D eigenvalue weighted by Crippen LogP contribution is -2.69. The third-order valence-corrected chi connectivity index (χ3v) is 12.4. The van der Waals surface area contributed by atoms with Gasteiger partial charge in [0.25, 0.3) is 5.69 Å². The van der Waals surface area contributed by atoms with E-state index in [4.69, 9.17) is 38.4 Å². The number of carbonyl (C=O) groups is 2. The molecule has 66 heavy (non-hydrogen) atoms. The number of benzene rings is 3. The summed E-state index contributed by atoms with van der Waals surface area (Å²) in [4.78, 5) is 45.9. The van der Waals surface area contributed by atoms with Gasteiger partial charge in [-0.1, -0.05) is 36.2 Å². The highest BCUT2D eigenvalue weighted by atomic mass is 16.7. The molecule has 0 aromatic heterocycles. The van der Waals surface area contributed by atoms with Crippen molar-refractivity contribution < 1.29 is 58.0 Å². The lowest BCUT2D eigenvalue weighted by atomic mass is 9.55. The fraction of sp³-hybridized carbons (Fsp3) is 0.449. The summed E-state index contributed by atoms with van der Waals surface area (Å²) in [5, 5.41) is 38.7. The van der Waals surface area contributed by atoms with Crippen molar-refractivity contribution in [1.82, 2.24) is 4.90 Å². The Hall–Kier alpha value is -6.43. The molecular weight excluding hydrogens is 853 g/mol. The molecule has 0 radical (unpaired) electrons. The van der Waals surface area contributed by atoms with Crippen molar-refractivity contribution >= 4 is 29.3 Å². The molecule has 3 aromatic carbocycles. The van der Waals surface area contributed by atoms with Gasteiger partial charge < -0.3 is 48.4 Å². The molecule has 0 saturated heterocycles. The zero-order valence-electron chi connectivity index (χ0n) is 37.7.